The van der Waals surface area contributed by atoms with Crippen molar-refractivity contribution in [1.29, 1.82) is 0 Å². The third-order valence-corrected chi connectivity index (χ3v) is 0.500. The molecule has 0 saturated carbocycles. The summed E-state index contributed by atoms with van der Waals surface area (Å²) in [4.78, 5) is 0. The maximum atomic E-state index is 3.08. The average molecular weight is 83.2 g/mol. The highest BCUT2D eigenvalue weighted by Gasteiger charge is 1.77. The van der Waals surface area contributed by atoms with Crippen LogP contribution in [0.5, 0.6) is 0 Å². The molecule has 0 atom stereocenters. The Morgan fingerprint density at radius 3 is 2.00 bits per heavy atom. The Balaban J connectivity index is 3.03. The maximum absolute atomic E-state index is 3.08. The van der Waals surface area contributed by atoms with E-state index in [4.69, 9.17) is 0 Å². The SMILES string of the molecule is C/C=[C]\C(C)C. The Kier molecular flexibility index (Phi) is 2.82. The van der Waals surface area contributed by atoms with Crippen molar-refractivity contribution in [3.8, 4) is 0 Å². The van der Waals surface area contributed by atoms with Crippen LogP contribution in [0.15, 0.2) is 6.08 Å². The molecule has 0 aromatic heterocycles. The van der Waals surface area contributed by atoms with Crippen molar-refractivity contribution in [2.45, 2.75) is 20.8 Å². The lowest BCUT2D eigenvalue weighted by Crippen LogP contribution is -1.74. The molecule has 1 radical (unpaired) electrons. The molecule has 0 aliphatic carbocycles. The minimum Gasteiger partial charge on any atom is -0.0839 e. The Bertz CT molecular complexity index is 42.0. The van der Waals surface area contributed by atoms with Gasteiger partial charge in [0.1, 0.15) is 0 Å². The third-order valence-electron chi connectivity index (χ3n) is 0.500. The molecule has 0 aromatic carbocycles. The number of allylic oxidation sites excluding steroid dienone is 2. The van der Waals surface area contributed by atoms with Gasteiger partial charge in [-0.15, -0.1) is 0 Å². The van der Waals surface area contributed by atoms with Crippen molar-refractivity contribution in [3.63, 3.8) is 0 Å². The van der Waals surface area contributed by atoms with Gasteiger partial charge in [-0.2, -0.15) is 0 Å². The molecule has 35 valence electrons. The Morgan fingerprint density at radius 2 is 2.00 bits per heavy atom. The summed E-state index contributed by atoms with van der Waals surface area (Å²) in [6.07, 6.45) is 5.03. The van der Waals surface area contributed by atoms with Crippen LogP contribution in [-0.2, 0) is 0 Å². The molecule has 0 nitrogen and oxygen atoms in total. The zero-order valence-electron chi connectivity index (χ0n) is 4.65. The molecule has 0 aromatic rings. The van der Waals surface area contributed by atoms with Crippen LogP contribution in [-0.4, -0.2) is 0 Å². The van der Waals surface area contributed by atoms with Gasteiger partial charge in [-0.05, 0) is 18.9 Å². The van der Waals surface area contributed by atoms with Gasteiger partial charge in [0.15, 0.2) is 0 Å². The predicted octanol–water partition coefficient (Wildman–Crippen LogP) is 2.02. The first-order valence-electron chi connectivity index (χ1n) is 2.31. The van der Waals surface area contributed by atoms with E-state index in [1.165, 1.54) is 0 Å². The van der Waals surface area contributed by atoms with Crippen molar-refractivity contribution in [2.24, 2.45) is 5.92 Å². The number of hydrogen-bond acceptors (Lipinski definition) is 0. The van der Waals surface area contributed by atoms with Crippen molar-refractivity contribution in [1.82, 2.24) is 0 Å². The summed E-state index contributed by atoms with van der Waals surface area (Å²) in [5.41, 5.74) is 0. The molecule has 6 heavy (non-hydrogen) atoms. The normalized spacial score (nSPS) is 11.3. The van der Waals surface area contributed by atoms with Gasteiger partial charge in [0.05, 0.1) is 0 Å². The molecular formula is C6H11. The van der Waals surface area contributed by atoms with Crippen LogP contribution in [0.2, 0.25) is 0 Å². The minimum absolute atomic E-state index is 0.593. The molecule has 0 fully saturated rings. The summed E-state index contributed by atoms with van der Waals surface area (Å²) in [5.74, 6) is 0.593. The van der Waals surface area contributed by atoms with Crippen molar-refractivity contribution < 1.29 is 0 Å². The maximum Gasteiger partial charge on any atom is -0.0219 e. The van der Waals surface area contributed by atoms with Gasteiger partial charge in [-0.1, -0.05) is 19.9 Å². The highest BCUT2D eigenvalue weighted by Crippen LogP contribution is 1.88. The minimum atomic E-state index is 0.593. The molecule has 0 aliphatic rings. The van der Waals surface area contributed by atoms with Crippen molar-refractivity contribution >= 4 is 0 Å². The summed E-state index contributed by atoms with van der Waals surface area (Å²) < 4.78 is 0. The zero-order chi connectivity index (χ0) is 4.99. The second-order valence-corrected chi connectivity index (χ2v) is 1.61. The number of rotatable bonds is 1. The Hall–Kier alpha value is -0.260. The predicted molar refractivity (Wildman–Crippen MR) is 28.3 cm³/mol. The van der Waals surface area contributed by atoms with Crippen LogP contribution >= 0.6 is 0 Å². The Labute approximate surface area is 39.9 Å². The van der Waals surface area contributed by atoms with E-state index in [9.17, 15) is 0 Å². The van der Waals surface area contributed by atoms with Crippen molar-refractivity contribution in [2.75, 3.05) is 0 Å². The van der Waals surface area contributed by atoms with E-state index in [0.29, 0.717) is 5.92 Å². The smallest absolute Gasteiger partial charge is 0.0219 e. The quantitative estimate of drug-likeness (QED) is 0.455. The third kappa shape index (κ3) is 3.74. The van der Waals surface area contributed by atoms with E-state index in [0.717, 1.165) is 0 Å². The molecule has 0 saturated heterocycles. The fourth-order valence-electron chi connectivity index (χ4n) is 0.333. The lowest BCUT2D eigenvalue weighted by Gasteiger charge is -1.85. The fourth-order valence-corrected chi connectivity index (χ4v) is 0.333. The van der Waals surface area contributed by atoms with Crippen LogP contribution in [0.1, 0.15) is 20.8 Å². The van der Waals surface area contributed by atoms with E-state index in [-0.39, 0.29) is 0 Å². The van der Waals surface area contributed by atoms with Gasteiger partial charge in [0.25, 0.3) is 0 Å². The Morgan fingerprint density at radius 1 is 1.50 bits per heavy atom. The van der Waals surface area contributed by atoms with Crippen molar-refractivity contribution in [3.05, 3.63) is 12.2 Å². The van der Waals surface area contributed by atoms with Gasteiger partial charge in [0, 0.05) is 0 Å². The van der Waals surface area contributed by atoms with Gasteiger partial charge in [-0.3, -0.25) is 0 Å². The molecule has 0 unspecified atom stereocenters. The van der Waals surface area contributed by atoms with E-state index < -0.39 is 0 Å². The van der Waals surface area contributed by atoms with E-state index >= 15 is 0 Å². The lowest BCUT2D eigenvalue weighted by atomic mass is 10.2. The highest BCUT2D eigenvalue weighted by atomic mass is 13.8. The fraction of sp³-hybridized carbons (Fsp3) is 0.667. The molecule has 0 rings (SSSR count). The van der Waals surface area contributed by atoms with Gasteiger partial charge < -0.3 is 0 Å². The second kappa shape index (κ2) is 2.95. The van der Waals surface area contributed by atoms with Gasteiger partial charge in [0.2, 0.25) is 0 Å². The summed E-state index contributed by atoms with van der Waals surface area (Å²) in [7, 11) is 0. The standard InChI is InChI=1S/C6H11/c1-4-5-6(2)3/h4,6H,1-3H3. The lowest BCUT2D eigenvalue weighted by molar-refractivity contribution is 0.804. The molecule has 0 heterocycles. The van der Waals surface area contributed by atoms with Gasteiger partial charge in [-0.25, -0.2) is 0 Å². The van der Waals surface area contributed by atoms with E-state index in [1.54, 1.807) is 0 Å². The van der Waals surface area contributed by atoms with Gasteiger partial charge >= 0.3 is 0 Å². The molecule has 0 aliphatic heterocycles. The van der Waals surface area contributed by atoms with Crippen LogP contribution in [0.25, 0.3) is 0 Å². The first-order valence-corrected chi connectivity index (χ1v) is 2.31. The first-order chi connectivity index (χ1) is 2.77. The average Bonchev–Trinajstić information content (AvgIpc) is 1.35. The molecule has 0 heteroatoms. The van der Waals surface area contributed by atoms with Crippen LogP contribution in [0.3, 0.4) is 0 Å². The van der Waals surface area contributed by atoms with Crippen LogP contribution in [0, 0.1) is 12.0 Å². The summed E-state index contributed by atoms with van der Waals surface area (Å²) >= 11 is 0. The summed E-state index contributed by atoms with van der Waals surface area (Å²) in [6, 6.07) is 0. The topological polar surface area (TPSA) is 0 Å². The molecule has 0 amide bonds. The monoisotopic (exact) mass is 83.1 g/mol. The largest absolute Gasteiger partial charge is 0.0839 e. The van der Waals surface area contributed by atoms with Crippen LogP contribution < -0.4 is 0 Å². The number of hydrogen-bond donors (Lipinski definition) is 0. The molecule has 0 bridgehead atoms. The summed E-state index contributed by atoms with van der Waals surface area (Å²) in [5, 5.41) is 0. The van der Waals surface area contributed by atoms with E-state index in [2.05, 4.69) is 19.9 Å². The first kappa shape index (κ1) is 5.74. The highest BCUT2D eigenvalue weighted by molar-refractivity contribution is 4.69. The second-order valence-electron chi connectivity index (χ2n) is 1.61. The van der Waals surface area contributed by atoms with E-state index in [1.807, 2.05) is 13.0 Å². The molecule has 0 N–H and O–H groups in total. The van der Waals surface area contributed by atoms with Crippen LogP contribution in [0.4, 0.5) is 0 Å². The summed E-state index contributed by atoms with van der Waals surface area (Å²) in [6.45, 7) is 6.21. The molecular weight excluding hydrogens is 72.1 g/mol. The zero-order valence-corrected chi connectivity index (χ0v) is 4.65. The molecule has 0 spiro atoms.